The number of aryl methyl sites for hydroxylation is 1. The molecule has 2 rings (SSSR count). The quantitative estimate of drug-likeness (QED) is 0.851. The molecule has 3 heteroatoms. The lowest BCUT2D eigenvalue weighted by atomic mass is 9.85. The number of imidazole rings is 1. The maximum Gasteiger partial charge on any atom is 0.107 e. The molecule has 0 aliphatic carbocycles. The van der Waals surface area contributed by atoms with Crippen LogP contribution in [0.3, 0.4) is 0 Å². The molecule has 0 saturated heterocycles. The van der Waals surface area contributed by atoms with Gasteiger partial charge in [0.05, 0.1) is 17.6 Å². The van der Waals surface area contributed by atoms with E-state index in [0.717, 1.165) is 35.3 Å². The van der Waals surface area contributed by atoms with Crippen molar-refractivity contribution in [2.24, 2.45) is 0 Å². The third-order valence-electron chi connectivity index (χ3n) is 3.20. The van der Waals surface area contributed by atoms with Crippen molar-refractivity contribution in [3.05, 3.63) is 29.6 Å². The first-order valence-electron chi connectivity index (χ1n) is 6.17. The minimum absolute atomic E-state index is 0.144. The summed E-state index contributed by atoms with van der Waals surface area (Å²) >= 11 is 0. The lowest BCUT2D eigenvalue weighted by molar-refractivity contribution is 0.218. The summed E-state index contributed by atoms with van der Waals surface area (Å²) in [5.41, 5.74) is 2.98. The van der Waals surface area contributed by atoms with Crippen molar-refractivity contribution in [3.63, 3.8) is 0 Å². The number of aromatic amines is 1. The average molecular weight is 232 g/mol. The molecule has 17 heavy (non-hydrogen) atoms. The van der Waals surface area contributed by atoms with Crippen LogP contribution in [0.15, 0.2) is 18.2 Å². The van der Waals surface area contributed by atoms with Gasteiger partial charge in [0, 0.05) is 11.8 Å². The number of aliphatic hydroxyl groups is 1. The number of rotatable bonds is 4. The SMILES string of the molecule is CCCc1nc2cc(C(C)(C)CO)ccc2[nH]1. The predicted molar refractivity (Wildman–Crippen MR) is 70.2 cm³/mol. The van der Waals surface area contributed by atoms with Gasteiger partial charge in [0.2, 0.25) is 0 Å². The monoisotopic (exact) mass is 232 g/mol. The van der Waals surface area contributed by atoms with Gasteiger partial charge in [0.15, 0.2) is 0 Å². The number of nitrogens with zero attached hydrogens (tertiary/aromatic N) is 1. The second kappa shape index (κ2) is 4.49. The van der Waals surface area contributed by atoms with Crippen molar-refractivity contribution in [2.75, 3.05) is 6.61 Å². The van der Waals surface area contributed by atoms with Crippen LogP contribution in [-0.2, 0) is 11.8 Å². The smallest absolute Gasteiger partial charge is 0.107 e. The van der Waals surface area contributed by atoms with E-state index in [1.807, 2.05) is 19.9 Å². The van der Waals surface area contributed by atoms with Crippen molar-refractivity contribution >= 4 is 11.0 Å². The van der Waals surface area contributed by atoms with Crippen molar-refractivity contribution in [1.82, 2.24) is 9.97 Å². The Hall–Kier alpha value is -1.35. The van der Waals surface area contributed by atoms with E-state index in [-0.39, 0.29) is 12.0 Å². The van der Waals surface area contributed by atoms with Gasteiger partial charge in [0.1, 0.15) is 5.82 Å². The van der Waals surface area contributed by atoms with Crippen LogP contribution in [0.25, 0.3) is 11.0 Å². The molecule has 0 fully saturated rings. The maximum atomic E-state index is 9.38. The number of hydrogen-bond donors (Lipinski definition) is 2. The molecule has 0 radical (unpaired) electrons. The first-order valence-corrected chi connectivity index (χ1v) is 6.17. The minimum Gasteiger partial charge on any atom is -0.395 e. The minimum atomic E-state index is -0.210. The Balaban J connectivity index is 2.43. The number of fused-ring (bicyclic) bond motifs is 1. The van der Waals surface area contributed by atoms with Gasteiger partial charge in [0.25, 0.3) is 0 Å². The van der Waals surface area contributed by atoms with E-state index in [1.165, 1.54) is 0 Å². The molecule has 0 aliphatic heterocycles. The molecule has 1 heterocycles. The molecule has 1 aromatic heterocycles. The molecule has 92 valence electrons. The Labute approximate surface area is 102 Å². The van der Waals surface area contributed by atoms with Gasteiger partial charge < -0.3 is 10.1 Å². The zero-order valence-electron chi connectivity index (χ0n) is 10.7. The number of H-pyrrole nitrogens is 1. The number of hydrogen-bond acceptors (Lipinski definition) is 2. The van der Waals surface area contributed by atoms with Crippen LogP contribution in [0.1, 0.15) is 38.6 Å². The highest BCUT2D eigenvalue weighted by Crippen LogP contribution is 2.25. The summed E-state index contributed by atoms with van der Waals surface area (Å²) in [6.07, 6.45) is 2.07. The van der Waals surface area contributed by atoms with Gasteiger partial charge >= 0.3 is 0 Å². The van der Waals surface area contributed by atoms with Crippen LogP contribution in [0, 0.1) is 0 Å². The Morgan fingerprint density at radius 3 is 2.76 bits per heavy atom. The fraction of sp³-hybridized carbons (Fsp3) is 0.500. The van der Waals surface area contributed by atoms with E-state index in [4.69, 9.17) is 0 Å². The topological polar surface area (TPSA) is 48.9 Å². The summed E-state index contributed by atoms with van der Waals surface area (Å²) in [6, 6.07) is 6.18. The molecule has 3 nitrogen and oxygen atoms in total. The van der Waals surface area contributed by atoms with E-state index in [9.17, 15) is 5.11 Å². The van der Waals surface area contributed by atoms with Crippen molar-refractivity contribution in [1.29, 1.82) is 0 Å². The third kappa shape index (κ3) is 2.34. The van der Waals surface area contributed by atoms with Gasteiger partial charge in [-0.3, -0.25) is 0 Å². The highest BCUT2D eigenvalue weighted by atomic mass is 16.3. The number of benzene rings is 1. The highest BCUT2D eigenvalue weighted by molar-refractivity contribution is 5.76. The molecule has 0 bridgehead atoms. The van der Waals surface area contributed by atoms with Crippen LogP contribution in [-0.4, -0.2) is 21.7 Å². The normalized spacial score (nSPS) is 12.2. The van der Waals surface area contributed by atoms with Crippen LogP contribution in [0.2, 0.25) is 0 Å². The van der Waals surface area contributed by atoms with Crippen LogP contribution in [0.4, 0.5) is 0 Å². The summed E-state index contributed by atoms with van der Waals surface area (Å²) < 4.78 is 0. The summed E-state index contributed by atoms with van der Waals surface area (Å²) in [6.45, 7) is 6.36. The molecule has 2 N–H and O–H groups in total. The van der Waals surface area contributed by atoms with E-state index in [1.54, 1.807) is 0 Å². The van der Waals surface area contributed by atoms with E-state index in [2.05, 4.69) is 29.0 Å². The summed E-state index contributed by atoms with van der Waals surface area (Å²) in [5.74, 6) is 1.04. The molecule has 0 spiro atoms. The third-order valence-corrected chi connectivity index (χ3v) is 3.20. The van der Waals surface area contributed by atoms with Crippen molar-refractivity contribution < 1.29 is 5.11 Å². The number of nitrogens with one attached hydrogen (secondary N) is 1. The zero-order valence-corrected chi connectivity index (χ0v) is 10.7. The predicted octanol–water partition coefficient (Wildman–Crippen LogP) is 2.79. The molecule has 0 aliphatic rings. The lowest BCUT2D eigenvalue weighted by Crippen LogP contribution is -2.21. The summed E-state index contributed by atoms with van der Waals surface area (Å²) in [5, 5.41) is 9.38. The molecular formula is C14H20N2O. The molecular weight excluding hydrogens is 212 g/mol. The Morgan fingerprint density at radius 1 is 1.35 bits per heavy atom. The van der Waals surface area contributed by atoms with Crippen LogP contribution < -0.4 is 0 Å². The van der Waals surface area contributed by atoms with E-state index < -0.39 is 0 Å². The fourth-order valence-electron chi connectivity index (χ4n) is 1.93. The Bertz CT molecular complexity index is 514. The van der Waals surface area contributed by atoms with E-state index >= 15 is 0 Å². The molecule has 1 aromatic carbocycles. The van der Waals surface area contributed by atoms with Crippen molar-refractivity contribution in [3.8, 4) is 0 Å². The van der Waals surface area contributed by atoms with Crippen LogP contribution in [0.5, 0.6) is 0 Å². The second-order valence-electron chi connectivity index (χ2n) is 5.21. The Kier molecular flexibility index (Phi) is 3.20. The van der Waals surface area contributed by atoms with Crippen LogP contribution >= 0.6 is 0 Å². The number of aliphatic hydroxyl groups excluding tert-OH is 1. The summed E-state index contributed by atoms with van der Waals surface area (Å²) in [4.78, 5) is 7.89. The van der Waals surface area contributed by atoms with Crippen molar-refractivity contribution in [2.45, 2.75) is 39.0 Å². The number of aromatic nitrogens is 2. The molecule has 0 unspecified atom stereocenters. The largest absolute Gasteiger partial charge is 0.395 e. The molecule has 0 amide bonds. The molecule has 0 atom stereocenters. The van der Waals surface area contributed by atoms with Gasteiger partial charge in [-0.2, -0.15) is 0 Å². The highest BCUT2D eigenvalue weighted by Gasteiger charge is 2.20. The standard InChI is InChI=1S/C14H20N2O/c1-4-5-13-15-11-7-6-10(8-12(11)16-13)14(2,3)9-17/h6-8,17H,4-5,9H2,1-3H3,(H,15,16). The van der Waals surface area contributed by atoms with Gasteiger partial charge in [-0.1, -0.05) is 26.8 Å². The Morgan fingerprint density at radius 2 is 2.12 bits per heavy atom. The first kappa shape index (κ1) is 12.1. The molecule has 2 aromatic rings. The molecule has 0 saturated carbocycles. The summed E-state index contributed by atoms with van der Waals surface area (Å²) in [7, 11) is 0. The fourth-order valence-corrected chi connectivity index (χ4v) is 1.93. The van der Waals surface area contributed by atoms with Gasteiger partial charge in [-0.05, 0) is 24.1 Å². The first-order chi connectivity index (χ1) is 8.06. The van der Waals surface area contributed by atoms with Gasteiger partial charge in [-0.15, -0.1) is 0 Å². The second-order valence-corrected chi connectivity index (χ2v) is 5.21. The average Bonchev–Trinajstić information content (AvgIpc) is 2.70. The lowest BCUT2D eigenvalue weighted by Gasteiger charge is -2.21. The van der Waals surface area contributed by atoms with Gasteiger partial charge in [-0.25, -0.2) is 4.98 Å². The maximum absolute atomic E-state index is 9.38. The zero-order chi connectivity index (χ0) is 12.5. The van der Waals surface area contributed by atoms with E-state index in [0.29, 0.717) is 0 Å².